The number of hydrogen-bond acceptors (Lipinski definition) is 4. The molecule has 0 atom stereocenters. The van der Waals surface area contributed by atoms with Crippen molar-refractivity contribution >= 4 is 22.9 Å². The van der Waals surface area contributed by atoms with E-state index < -0.39 is 0 Å². The number of rotatable bonds is 5. The summed E-state index contributed by atoms with van der Waals surface area (Å²) in [5, 5.41) is 4.00. The summed E-state index contributed by atoms with van der Waals surface area (Å²) in [5.74, 6) is -0.0325. The van der Waals surface area contributed by atoms with Crippen LogP contribution in [0.1, 0.15) is 20.2 Å². The molecule has 1 amide bonds. The molecule has 1 aromatic carbocycles. The lowest BCUT2D eigenvalue weighted by Crippen LogP contribution is -2.25. The van der Waals surface area contributed by atoms with Gasteiger partial charge in [0.15, 0.2) is 0 Å². The van der Waals surface area contributed by atoms with Crippen molar-refractivity contribution < 1.29 is 4.79 Å². The minimum absolute atomic E-state index is 0.0325. The summed E-state index contributed by atoms with van der Waals surface area (Å²) in [5.41, 5.74) is 1.72. The molecule has 1 aromatic heterocycles. The van der Waals surface area contributed by atoms with Gasteiger partial charge in [-0.2, -0.15) is 0 Å². The summed E-state index contributed by atoms with van der Waals surface area (Å²) >= 11 is 1.67. The molecule has 2 aromatic rings. The minimum atomic E-state index is -0.0325. The third-order valence-corrected chi connectivity index (χ3v) is 3.92. The standard InChI is InChI=1S/C15H19N3OS/c1-11-17-10-14(20-11)7-8-16-15(19)12-5-4-6-13(9-12)18(2)3/h4-6,9-10H,7-8H2,1-3H3,(H,16,19). The second kappa shape index (κ2) is 6.52. The molecule has 106 valence electrons. The Morgan fingerprint density at radius 1 is 1.40 bits per heavy atom. The van der Waals surface area contributed by atoms with E-state index in [2.05, 4.69) is 10.3 Å². The molecular weight excluding hydrogens is 270 g/mol. The Balaban J connectivity index is 1.90. The van der Waals surface area contributed by atoms with Gasteiger partial charge in [0.05, 0.1) is 5.01 Å². The second-order valence-corrected chi connectivity index (χ2v) is 6.12. The van der Waals surface area contributed by atoms with Crippen molar-refractivity contribution in [2.75, 3.05) is 25.5 Å². The van der Waals surface area contributed by atoms with Crippen LogP contribution in [-0.4, -0.2) is 31.5 Å². The lowest BCUT2D eigenvalue weighted by molar-refractivity contribution is 0.0954. The Bertz CT molecular complexity index is 592. The number of carbonyl (C=O) groups excluding carboxylic acids is 1. The molecule has 0 spiro atoms. The highest BCUT2D eigenvalue weighted by Gasteiger charge is 2.07. The molecule has 0 saturated carbocycles. The number of thiazole rings is 1. The van der Waals surface area contributed by atoms with Crippen molar-refractivity contribution in [3.05, 3.63) is 45.9 Å². The molecule has 0 aliphatic carbocycles. The van der Waals surface area contributed by atoms with Crippen LogP contribution in [0, 0.1) is 6.92 Å². The van der Waals surface area contributed by atoms with E-state index in [1.165, 1.54) is 4.88 Å². The normalized spacial score (nSPS) is 10.3. The van der Waals surface area contributed by atoms with Crippen molar-refractivity contribution in [2.45, 2.75) is 13.3 Å². The monoisotopic (exact) mass is 289 g/mol. The third kappa shape index (κ3) is 3.81. The molecule has 5 heteroatoms. The lowest BCUT2D eigenvalue weighted by Gasteiger charge is -2.13. The molecule has 4 nitrogen and oxygen atoms in total. The zero-order valence-electron chi connectivity index (χ0n) is 12.0. The van der Waals surface area contributed by atoms with Gasteiger partial charge in [0.25, 0.3) is 5.91 Å². The van der Waals surface area contributed by atoms with Gasteiger partial charge in [-0.25, -0.2) is 4.98 Å². The Morgan fingerprint density at radius 2 is 2.20 bits per heavy atom. The van der Waals surface area contributed by atoms with Gasteiger partial charge in [0, 0.05) is 49.4 Å². The molecule has 0 bridgehead atoms. The molecule has 0 unspecified atom stereocenters. The predicted octanol–water partition coefficient (Wildman–Crippen LogP) is 2.49. The highest BCUT2D eigenvalue weighted by molar-refractivity contribution is 7.11. The van der Waals surface area contributed by atoms with Crippen molar-refractivity contribution in [1.29, 1.82) is 0 Å². The molecule has 0 radical (unpaired) electrons. The zero-order chi connectivity index (χ0) is 14.5. The fourth-order valence-electron chi connectivity index (χ4n) is 1.85. The predicted molar refractivity (Wildman–Crippen MR) is 83.7 cm³/mol. The smallest absolute Gasteiger partial charge is 0.251 e. The maximum absolute atomic E-state index is 12.1. The second-order valence-electron chi connectivity index (χ2n) is 4.80. The molecule has 0 fully saturated rings. The van der Waals surface area contributed by atoms with Crippen molar-refractivity contribution in [2.24, 2.45) is 0 Å². The van der Waals surface area contributed by atoms with E-state index in [1.807, 2.05) is 56.4 Å². The lowest BCUT2D eigenvalue weighted by atomic mass is 10.2. The van der Waals surface area contributed by atoms with Gasteiger partial charge in [-0.15, -0.1) is 11.3 Å². The van der Waals surface area contributed by atoms with Crippen LogP contribution in [0.2, 0.25) is 0 Å². The van der Waals surface area contributed by atoms with Gasteiger partial charge in [0.2, 0.25) is 0 Å². The molecular formula is C15H19N3OS. The average Bonchev–Trinajstić information content (AvgIpc) is 2.84. The van der Waals surface area contributed by atoms with Crippen LogP contribution in [0.4, 0.5) is 5.69 Å². The number of carbonyl (C=O) groups is 1. The van der Waals surface area contributed by atoms with Crippen LogP contribution in [-0.2, 0) is 6.42 Å². The maximum Gasteiger partial charge on any atom is 0.251 e. The van der Waals surface area contributed by atoms with Crippen LogP contribution in [0.3, 0.4) is 0 Å². The highest BCUT2D eigenvalue weighted by atomic mass is 32.1. The first kappa shape index (κ1) is 14.5. The van der Waals surface area contributed by atoms with Crippen molar-refractivity contribution in [3.63, 3.8) is 0 Å². The number of aromatic nitrogens is 1. The quantitative estimate of drug-likeness (QED) is 0.920. The first-order valence-corrected chi connectivity index (χ1v) is 7.35. The summed E-state index contributed by atoms with van der Waals surface area (Å²) in [4.78, 5) is 19.5. The van der Waals surface area contributed by atoms with E-state index in [4.69, 9.17) is 0 Å². The van der Waals surface area contributed by atoms with Crippen LogP contribution in [0.15, 0.2) is 30.5 Å². The van der Waals surface area contributed by atoms with Crippen LogP contribution in [0.25, 0.3) is 0 Å². The molecule has 2 rings (SSSR count). The number of aryl methyl sites for hydroxylation is 1. The Hall–Kier alpha value is -1.88. The molecule has 1 N–H and O–H groups in total. The van der Waals surface area contributed by atoms with Crippen LogP contribution >= 0.6 is 11.3 Å². The number of anilines is 1. The number of hydrogen-bond donors (Lipinski definition) is 1. The summed E-state index contributed by atoms with van der Waals surface area (Å²) in [6.45, 7) is 2.62. The number of nitrogens with one attached hydrogen (secondary N) is 1. The van der Waals surface area contributed by atoms with Crippen molar-refractivity contribution in [3.8, 4) is 0 Å². The van der Waals surface area contributed by atoms with Gasteiger partial charge in [0.1, 0.15) is 0 Å². The number of benzene rings is 1. The fraction of sp³-hybridized carbons (Fsp3) is 0.333. The fourth-order valence-corrected chi connectivity index (χ4v) is 2.64. The number of nitrogens with zero attached hydrogens (tertiary/aromatic N) is 2. The molecule has 1 heterocycles. The van der Waals surface area contributed by atoms with Gasteiger partial charge >= 0.3 is 0 Å². The van der Waals surface area contributed by atoms with Gasteiger partial charge in [-0.05, 0) is 25.1 Å². The summed E-state index contributed by atoms with van der Waals surface area (Å²) in [6.07, 6.45) is 2.70. The topological polar surface area (TPSA) is 45.2 Å². The van der Waals surface area contributed by atoms with E-state index in [9.17, 15) is 4.79 Å². The van der Waals surface area contributed by atoms with Crippen LogP contribution < -0.4 is 10.2 Å². The van der Waals surface area contributed by atoms with E-state index in [0.29, 0.717) is 12.1 Å². The first-order chi connectivity index (χ1) is 9.56. The SMILES string of the molecule is Cc1ncc(CCNC(=O)c2cccc(N(C)C)c2)s1. The highest BCUT2D eigenvalue weighted by Crippen LogP contribution is 2.14. The van der Waals surface area contributed by atoms with Gasteiger partial charge < -0.3 is 10.2 Å². The third-order valence-electron chi connectivity index (χ3n) is 2.95. The molecule has 0 aliphatic heterocycles. The largest absolute Gasteiger partial charge is 0.378 e. The summed E-state index contributed by atoms with van der Waals surface area (Å²) in [6, 6.07) is 7.61. The number of amides is 1. The zero-order valence-corrected chi connectivity index (χ0v) is 12.8. The Labute approximate surface area is 123 Å². The Kier molecular flexibility index (Phi) is 4.74. The van der Waals surface area contributed by atoms with E-state index in [0.717, 1.165) is 17.1 Å². The van der Waals surface area contributed by atoms with Gasteiger partial charge in [-0.3, -0.25) is 4.79 Å². The first-order valence-electron chi connectivity index (χ1n) is 6.53. The van der Waals surface area contributed by atoms with E-state index in [1.54, 1.807) is 11.3 Å². The van der Waals surface area contributed by atoms with Crippen LogP contribution in [0.5, 0.6) is 0 Å². The van der Waals surface area contributed by atoms with Crippen molar-refractivity contribution in [1.82, 2.24) is 10.3 Å². The Morgan fingerprint density at radius 3 is 2.85 bits per heavy atom. The molecule has 0 saturated heterocycles. The van der Waals surface area contributed by atoms with Gasteiger partial charge in [-0.1, -0.05) is 6.07 Å². The molecule has 20 heavy (non-hydrogen) atoms. The van der Waals surface area contributed by atoms with E-state index >= 15 is 0 Å². The minimum Gasteiger partial charge on any atom is -0.378 e. The summed E-state index contributed by atoms with van der Waals surface area (Å²) < 4.78 is 0. The summed E-state index contributed by atoms with van der Waals surface area (Å²) in [7, 11) is 3.92. The average molecular weight is 289 g/mol. The maximum atomic E-state index is 12.1. The van der Waals surface area contributed by atoms with E-state index in [-0.39, 0.29) is 5.91 Å². The molecule has 0 aliphatic rings.